The Morgan fingerprint density at radius 2 is 1.94 bits per heavy atom. The Labute approximate surface area is 94.1 Å². The van der Waals surface area contributed by atoms with Crippen LogP contribution in [-0.2, 0) is 0 Å². The number of benzene rings is 1. The molecular weight excluding hydrogens is 202 g/mol. The summed E-state index contributed by atoms with van der Waals surface area (Å²) in [6.45, 7) is 2.62. The molecule has 16 heavy (non-hydrogen) atoms. The zero-order valence-corrected chi connectivity index (χ0v) is 9.05. The number of ether oxygens (including phenoxy) is 1. The normalized spacial score (nSPS) is 10.1. The molecular formula is C12H13N3O. The van der Waals surface area contributed by atoms with Gasteiger partial charge in [0.2, 0.25) is 0 Å². The van der Waals surface area contributed by atoms with E-state index in [-0.39, 0.29) is 0 Å². The lowest BCUT2D eigenvalue weighted by Gasteiger charge is -2.04. The van der Waals surface area contributed by atoms with Crippen molar-refractivity contribution >= 4 is 5.82 Å². The fourth-order valence-electron chi connectivity index (χ4n) is 1.41. The zero-order chi connectivity index (χ0) is 11.4. The topological polar surface area (TPSA) is 61.0 Å². The van der Waals surface area contributed by atoms with Crippen molar-refractivity contribution < 1.29 is 4.74 Å². The van der Waals surface area contributed by atoms with Gasteiger partial charge in [-0.15, -0.1) is 0 Å². The quantitative estimate of drug-likeness (QED) is 0.851. The highest BCUT2D eigenvalue weighted by molar-refractivity contribution is 5.60. The van der Waals surface area contributed by atoms with Gasteiger partial charge in [0.25, 0.3) is 0 Å². The molecule has 0 spiro atoms. The molecule has 82 valence electrons. The monoisotopic (exact) mass is 215 g/mol. The molecule has 1 aromatic carbocycles. The van der Waals surface area contributed by atoms with Gasteiger partial charge in [-0.2, -0.15) is 0 Å². The fourth-order valence-corrected chi connectivity index (χ4v) is 1.41. The Morgan fingerprint density at radius 3 is 2.56 bits per heavy atom. The first-order valence-electron chi connectivity index (χ1n) is 5.10. The molecule has 0 amide bonds. The van der Waals surface area contributed by atoms with Gasteiger partial charge in [-0.05, 0) is 31.2 Å². The van der Waals surface area contributed by atoms with Crippen molar-refractivity contribution in [3.05, 3.63) is 36.7 Å². The van der Waals surface area contributed by atoms with Crippen molar-refractivity contribution in [1.82, 2.24) is 9.97 Å². The Morgan fingerprint density at radius 1 is 1.19 bits per heavy atom. The Balaban J connectivity index is 2.27. The molecule has 0 aliphatic rings. The minimum atomic E-state index is 0.423. The Hall–Kier alpha value is -2.10. The van der Waals surface area contributed by atoms with Crippen LogP contribution in [-0.4, -0.2) is 16.6 Å². The van der Waals surface area contributed by atoms with Gasteiger partial charge in [0.15, 0.2) is 0 Å². The second kappa shape index (κ2) is 4.61. The molecule has 0 atom stereocenters. The van der Waals surface area contributed by atoms with Gasteiger partial charge in [0, 0.05) is 5.56 Å². The van der Waals surface area contributed by atoms with E-state index in [0.29, 0.717) is 12.4 Å². The number of hydrogen-bond acceptors (Lipinski definition) is 4. The first kappa shape index (κ1) is 10.4. The van der Waals surface area contributed by atoms with E-state index in [0.717, 1.165) is 17.0 Å². The van der Waals surface area contributed by atoms with Crippen LogP contribution in [0.15, 0.2) is 36.7 Å². The van der Waals surface area contributed by atoms with Crippen LogP contribution in [0, 0.1) is 0 Å². The number of rotatable bonds is 3. The molecule has 1 heterocycles. The van der Waals surface area contributed by atoms with Gasteiger partial charge in [-0.3, -0.25) is 4.98 Å². The molecule has 2 N–H and O–H groups in total. The van der Waals surface area contributed by atoms with E-state index in [1.807, 2.05) is 31.2 Å². The average molecular weight is 215 g/mol. The van der Waals surface area contributed by atoms with Crippen LogP contribution in [0.1, 0.15) is 6.92 Å². The number of hydrogen-bond donors (Lipinski definition) is 1. The summed E-state index contributed by atoms with van der Waals surface area (Å²) < 4.78 is 5.36. The molecule has 0 radical (unpaired) electrons. The Bertz CT molecular complexity index is 468. The molecule has 0 saturated heterocycles. The highest BCUT2D eigenvalue weighted by atomic mass is 16.5. The first-order chi connectivity index (χ1) is 7.79. The van der Waals surface area contributed by atoms with E-state index in [2.05, 4.69) is 9.97 Å². The van der Waals surface area contributed by atoms with Crippen LogP contribution < -0.4 is 10.5 Å². The molecule has 2 aromatic rings. The van der Waals surface area contributed by atoms with Gasteiger partial charge in [0.1, 0.15) is 11.6 Å². The standard InChI is InChI=1S/C12H13N3O/c1-2-16-10-5-3-9(4-6-10)11-7-14-8-12(13)15-11/h3-8H,2H2,1H3,(H2,13,15). The Kier molecular flexibility index (Phi) is 3.00. The third-order valence-electron chi connectivity index (χ3n) is 2.11. The summed E-state index contributed by atoms with van der Waals surface area (Å²) in [5.41, 5.74) is 7.32. The summed E-state index contributed by atoms with van der Waals surface area (Å²) in [5.74, 6) is 1.27. The van der Waals surface area contributed by atoms with Crippen LogP contribution in [0.3, 0.4) is 0 Å². The fraction of sp³-hybridized carbons (Fsp3) is 0.167. The number of anilines is 1. The van der Waals surface area contributed by atoms with E-state index < -0.39 is 0 Å². The van der Waals surface area contributed by atoms with E-state index >= 15 is 0 Å². The van der Waals surface area contributed by atoms with E-state index in [1.54, 1.807) is 6.20 Å². The predicted molar refractivity (Wildman–Crippen MR) is 63.0 cm³/mol. The van der Waals surface area contributed by atoms with E-state index in [1.165, 1.54) is 6.20 Å². The molecule has 4 heteroatoms. The third kappa shape index (κ3) is 2.28. The third-order valence-corrected chi connectivity index (χ3v) is 2.11. The molecule has 4 nitrogen and oxygen atoms in total. The highest BCUT2D eigenvalue weighted by Gasteiger charge is 2.00. The van der Waals surface area contributed by atoms with Crippen molar-refractivity contribution in [1.29, 1.82) is 0 Å². The maximum atomic E-state index is 5.58. The maximum Gasteiger partial charge on any atom is 0.142 e. The minimum Gasteiger partial charge on any atom is -0.494 e. The summed E-state index contributed by atoms with van der Waals surface area (Å²) in [4.78, 5) is 8.19. The smallest absolute Gasteiger partial charge is 0.142 e. The molecule has 0 saturated carbocycles. The van der Waals surface area contributed by atoms with Gasteiger partial charge in [-0.25, -0.2) is 4.98 Å². The molecule has 0 fully saturated rings. The molecule has 2 rings (SSSR count). The summed E-state index contributed by atoms with van der Waals surface area (Å²) >= 11 is 0. The van der Waals surface area contributed by atoms with Crippen LogP contribution in [0.4, 0.5) is 5.82 Å². The molecule has 0 aliphatic carbocycles. The predicted octanol–water partition coefficient (Wildman–Crippen LogP) is 2.12. The van der Waals surface area contributed by atoms with Crippen LogP contribution in [0.25, 0.3) is 11.3 Å². The van der Waals surface area contributed by atoms with Crippen molar-refractivity contribution in [2.45, 2.75) is 6.92 Å². The van der Waals surface area contributed by atoms with Gasteiger partial charge in [-0.1, -0.05) is 0 Å². The largest absolute Gasteiger partial charge is 0.494 e. The van der Waals surface area contributed by atoms with Crippen molar-refractivity contribution in [2.75, 3.05) is 12.3 Å². The number of nitrogens with two attached hydrogens (primary N) is 1. The first-order valence-corrected chi connectivity index (χ1v) is 5.10. The van der Waals surface area contributed by atoms with E-state index in [9.17, 15) is 0 Å². The van der Waals surface area contributed by atoms with Gasteiger partial charge in [0.05, 0.1) is 24.7 Å². The SMILES string of the molecule is CCOc1ccc(-c2cncc(N)n2)cc1. The number of aromatic nitrogens is 2. The van der Waals surface area contributed by atoms with Gasteiger partial charge >= 0.3 is 0 Å². The van der Waals surface area contributed by atoms with Crippen LogP contribution in [0.2, 0.25) is 0 Å². The molecule has 0 unspecified atom stereocenters. The van der Waals surface area contributed by atoms with Crippen molar-refractivity contribution in [3.8, 4) is 17.0 Å². The molecule has 0 aliphatic heterocycles. The number of nitrogen functional groups attached to an aromatic ring is 1. The van der Waals surface area contributed by atoms with E-state index in [4.69, 9.17) is 10.5 Å². The highest BCUT2D eigenvalue weighted by Crippen LogP contribution is 2.20. The minimum absolute atomic E-state index is 0.423. The molecule has 1 aromatic heterocycles. The van der Waals surface area contributed by atoms with Crippen LogP contribution in [0.5, 0.6) is 5.75 Å². The van der Waals surface area contributed by atoms with Gasteiger partial charge < -0.3 is 10.5 Å². The second-order valence-corrected chi connectivity index (χ2v) is 3.29. The van der Waals surface area contributed by atoms with Crippen molar-refractivity contribution in [2.24, 2.45) is 0 Å². The summed E-state index contributed by atoms with van der Waals surface area (Å²) in [7, 11) is 0. The van der Waals surface area contributed by atoms with Crippen molar-refractivity contribution in [3.63, 3.8) is 0 Å². The maximum absolute atomic E-state index is 5.58. The lowest BCUT2D eigenvalue weighted by molar-refractivity contribution is 0.340. The second-order valence-electron chi connectivity index (χ2n) is 3.29. The average Bonchev–Trinajstić information content (AvgIpc) is 2.30. The van der Waals surface area contributed by atoms with Crippen LogP contribution >= 0.6 is 0 Å². The summed E-state index contributed by atoms with van der Waals surface area (Å²) in [6, 6.07) is 7.69. The molecule has 0 bridgehead atoms. The summed E-state index contributed by atoms with van der Waals surface area (Å²) in [5, 5.41) is 0. The lowest BCUT2D eigenvalue weighted by atomic mass is 10.1. The zero-order valence-electron chi connectivity index (χ0n) is 9.05. The number of nitrogens with zero attached hydrogens (tertiary/aromatic N) is 2. The summed E-state index contributed by atoms with van der Waals surface area (Å²) in [6.07, 6.45) is 3.21. The lowest BCUT2D eigenvalue weighted by Crippen LogP contribution is -1.94.